The van der Waals surface area contributed by atoms with E-state index >= 15 is 0 Å². The average molecular weight is 181 g/mol. The van der Waals surface area contributed by atoms with Crippen molar-refractivity contribution in [1.29, 1.82) is 0 Å². The Kier molecular flexibility index (Phi) is 4.86. The van der Waals surface area contributed by atoms with Crippen LogP contribution in [0.5, 0.6) is 0 Å². The highest BCUT2D eigenvalue weighted by molar-refractivity contribution is 6.56. The molecule has 1 saturated heterocycles. The fraction of sp³-hybridized carbons (Fsp3) is 1.00. The van der Waals surface area contributed by atoms with Crippen LogP contribution >= 0.6 is 0 Å². The Morgan fingerprint density at radius 3 is 2.69 bits per heavy atom. The SMILES string of the molecule is CCCCB1CCCCN1C(C)C. The molecule has 0 spiro atoms. The lowest BCUT2D eigenvalue weighted by molar-refractivity contribution is 0.332. The van der Waals surface area contributed by atoms with Crippen molar-refractivity contribution >= 4 is 6.85 Å². The highest BCUT2D eigenvalue weighted by atomic mass is 15.1. The maximum absolute atomic E-state index is 2.71. The van der Waals surface area contributed by atoms with E-state index in [1.165, 1.54) is 44.9 Å². The Hall–Kier alpha value is 0.0249. The van der Waals surface area contributed by atoms with E-state index in [-0.39, 0.29) is 0 Å². The molecular weight excluding hydrogens is 157 g/mol. The zero-order valence-electron chi connectivity index (χ0n) is 9.55. The second-order valence-corrected chi connectivity index (χ2v) is 4.62. The molecular formula is C11H24BN. The van der Waals surface area contributed by atoms with Crippen molar-refractivity contribution in [3.8, 4) is 0 Å². The van der Waals surface area contributed by atoms with Gasteiger partial charge in [-0.1, -0.05) is 52.7 Å². The fourth-order valence-corrected chi connectivity index (χ4v) is 2.45. The summed E-state index contributed by atoms with van der Waals surface area (Å²) in [7, 11) is 0. The molecule has 0 aromatic heterocycles. The van der Waals surface area contributed by atoms with Gasteiger partial charge in [0, 0.05) is 0 Å². The van der Waals surface area contributed by atoms with Gasteiger partial charge in [0.05, 0.1) is 0 Å². The minimum atomic E-state index is 0.752. The van der Waals surface area contributed by atoms with Crippen LogP contribution in [0.25, 0.3) is 0 Å². The van der Waals surface area contributed by atoms with Crippen molar-refractivity contribution in [2.24, 2.45) is 0 Å². The monoisotopic (exact) mass is 181 g/mol. The Morgan fingerprint density at radius 2 is 2.08 bits per heavy atom. The van der Waals surface area contributed by atoms with Crippen molar-refractivity contribution in [2.75, 3.05) is 6.54 Å². The molecule has 76 valence electrons. The van der Waals surface area contributed by atoms with E-state index < -0.39 is 0 Å². The highest BCUT2D eigenvalue weighted by Crippen LogP contribution is 2.21. The molecule has 0 aromatic carbocycles. The summed E-state index contributed by atoms with van der Waals surface area (Å²) in [5.41, 5.74) is 0. The maximum Gasteiger partial charge on any atom is 0.223 e. The Bertz CT molecular complexity index is 136. The molecule has 1 rings (SSSR count). The van der Waals surface area contributed by atoms with Crippen LogP contribution in [0.1, 0.15) is 46.5 Å². The zero-order valence-corrected chi connectivity index (χ0v) is 9.55. The molecule has 1 aliphatic rings. The molecule has 1 nitrogen and oxygen atoms in total. The molecule has 13 heavy (non-hydrogen) atoms. The van der Waals surface area contributed by atoms with Gasteiger partial charge in [0.15, 0.2) is 0 Å². The van der Waals surface area contributed by atoms with Crippen molar-refractivity contribution in [1.82, 2.24) is 4.81 Å². The van der Waals surface area contributed by atoms with E-state index in [0.717, 1.165) is 12.9 Å². The summed E-state index contributed by atoms with van der Waals surface area (Å²) in [5.74, 6) is 0. The first-order valence-electron chi connectivity index (χ1n) is 6.01. The second kappa shape index (κ2) is 5.69. The van der Waals surface area contributed by atoms with E-state index in [9.17, 15) is 0 Å². The first-order chi connectivity index (χ1) is 6.25. The van der Waals surface area contributed by atoms with Crippen LogP contribution in [0.15, 0.2) is 0 Å². The van der Waals surface area contributed by atoms with Crippen LogP contribution in [0.4, 0.5) is 0 Å². The second-order valence-electron chi connectivity index (χ2n) is 4.62. The van der Waals surface area contributed by atoms with E-state index in [1.807, 2.05) is 0 Å². The highest BCUT2D eigenvalue weighted by Gasteiger charge is 2.26. The summed E-state index contributed by atoms with van der Waals surface area (Å²) in [6.45, 7) is 9.21. The summed E-state index contributed by atoms with van der Waals surface area (Å²) >= 11 is 0. The Balaban J connectivity index is 2.37. The van der Waals surface area contributed by atoms with Crippen LogP contribution in [0.3, 0.4) is 0 Å². The number of nitrogens with zero attached hydrogens (tertiary/aromatic N) is 1. The van der Waals surface area contributed by atoms with Crippen LogP contribution in [0.2, 0.25) is 12.6 Å². The van der Waals surface area contributed by atoms with E-state index in [0.29, 0.717) is 0 Å². The predicted molar refractivity (Wildman–Crippen MR) is 61.4 cm³/mol. The summed E-state index contributed by atoms with van der Waals surface area (Å²) in [4.78, 5) is 2.71. The van der Waals surface area contributed by atoms with Crippen LogP contribution in [0, 0.1) is 0 Å². The molecule has 2 heteroatoms. The van der Waals surface area contributed by atoms with E-state index in [2.05, 4.69) is 25.6 Å². The third kappa shape index (κ3) is 3.34. The molecule has 1 aliphatic heterocycles. The molecule has 1 fully saturated rings. The lowest BCUT2D eigenvalue weighted by Crippen LogP contribution is -2.46. The van der Waals surface area contributed by atoms with Crippen molar-refractivity contribution < 1.29 is 0 Å². The van der Waals surface area contributed by atoms with Gasteiger partial charge in [0.2, 0.25) is 6.85 Å². The molecule has 0 amide bonds. The minimum Gasteiger partial charge on any atom is -0.340 e. The van der Waals surface area contributed by atoms with Gasteiger partial charge in [-0.05, 0) is 19.0 Å². The molecule has 0 aliphatic carbocycles. The van der Waals surface area contributed by atoms with Crippen LogP contribution < -0.4 is 0 Å². The quantitative estimate of drug-likeness (QED) is 0.601. The van der Waals surface area contributed by atoms with Crippen LogP contribution in [-0.2, 0) is 0 Å². The van der Waals surface area contributed by atoms with Gasteiger partial charge in [-0.25, -0.2) is 0 Å². The minimum absolute atomic E-state index is 0.752. The van der Waals surface area contributed by atoms with Gasteiger partial charge in [-0.15, -0.1) is 0 Å². The normalized spacial score (nSPS) is 19.8. The van der Waals surface area contributed by atoms with Gasteiger partial charge in [0.25, 0.3) is 0 Å². The Labute approximate surface area is 84.0 Å². The van der Waals surface area contributed by atoms with Gasteiger partial charge < -0.3 is 4.81 Å². The number of unbranched alkanes of at least 4 members (excludes halogenated alkanes) is 1. The fourth-order valence-electron chi connectivity index (χ4n) is 2.45. The zero-order chi connectivity index (χ0) is 9.68. The van der Waals surface area contributed by atoms with E-state index in [1.54, 1.807) is 0 Å². The first kappa shape index (κ1) is 11.1. The number of rotatable bonds is 4. The molecule has 0 N–H and O–H groups in total. The average Bonchev–Trinajstić information content (AvgIpc) is 2.15. The summed E-state index contributed by atoms with van der Waals surface area (Å²) < 4.78 is 0. The lowest BCUT2D eigenvalue weighted by atomic mass is 9.50. The molecule has 1 heterocycles. The number of hydrogen-bond donors (Lipinski definition) is 0. The van der Waals surface area contributed by atoms with Gasteiger partial charge >= 0.3 is 0 Å². The van der Waals surface area contributed by atoms with Gasteiger partial charge in [-0.3, -0.25) is 0 Å². The molecule has 0 saturated carbocycles. The van der Waals surface area contributed by atoms with Gasteiger partial charge in [0.1, 0.15) is 0 Å². The van der Waals surface area contributed by atoms with Crippen LogP contribution in [-0.4, -0.2) is 24.2 Å². The van der Waals surface area contributed by atoms with Crippen molar-refractivity contribution in [3.63, 3.8) is 0 Å². The Morgan fingerprint density at radius 1 is 1.31 bits per heavy atom. The number of hydrogen-bond acceptors (Lipinski definition) is 1. The molecule has 0 unspecified atom stereocenters. The third-order valence-electron chi connectivity index (χ3n) is 3.23. The van der Waals surface area contributed by atoms with Gasteiger partial charge in [-0.2, -0.15) is 0 Å². The maximum atomic E-state index is 2.71. The molecule has 0 radical (unpaired) electrons. The molecule has 0 atom stereocenters. The summed E-state index contributed by atoms with van der Waals surface area (Å²) in [6, 6.07) is 0.752. The summed E-state index contributed by atoms with van der Waals surface area (Å²) in [6.07, 6.45) is 8.50. The predicted octanol–water partition coefficient (Wildman–Crippen LogP) is 3.28. The summed E-state index contributed by atoms with van der Waals surface area (Å²) in [5, 5.41) is 0. The van der Waals surface area contributed by atoms with Crippen molar-refractivity contribution in [3.05, 3.63) is 0 Å². The van der Waals surface area contributed by atoms with Crippen molar-refractivity contribution in [2.45, 2.75) is 65.1 Å². The topological polar surface area (TPSA) is 3.24 Å². The van der Waals surface area contributed by atoms with E-state index in [4.69, 9.17) is 0 Å². The lowest BCUT2D eigenvalue weighted by Gasteiger charge is -2.36. The standard InChI is InChI=1S/C11H24BN/c1-4-5-8-12-9-6-7-10-13(12)11(2)3/h11H,4-10H2,1-3H3. The smallest absolute Gasteiger partial charge is 0.223 e. The third-order valence-corrected chi connectivity index (χ3v) is 3.23. The molecule has 0 bridgehead atoms. The molecule has 0 aromatic rings. The largest absolute Gasteiger partial charge is 0.340 e. The first-order valence-corrected chi connectivity index (χ1v) is 6.01.